The highest BCUT2D eigenvalue weighted by Gasteiger charge is 2.36. The molecule has 0 saturated heterocycles. The number of alkyl halides is 3. The fraction of sp³-hybridized carbons (Fsp3) is 0.393. The van der Waals surface area contributed by atoms with Crippen molar-refractivity contribution in [3.63, 3.8) is 0 Å². The van der Waals surface area contributed by atoms with Crippen LogP contribution in [0.3, 0.4) is 0 Å². The molecule has 4 atom stereocenters. The van der Waals surface area contributed by atoms with Gasteiger partial charge in [0.2, 0.25) is 5.91 Å². The molecule has 43 heavy (non-hydrogen) atoms. The van der Waals surface area contributed by atoms with E-state index in [1.54, 1.807) is 19.9 Å². The molecule has 5 N–H and O–H groups in total. The number of nitrogens with one attached hydrogen (secondary N) is 3. The average Bonchev–Trinajstić information content (AvgIpc) is 2.95. The van der Waals surface area contributed by atoms with Gasteiger partial charge in [-0.05, 0) is 60.9 Å². The predicted molar refractivity (Wildman–Crippen MR) is 154 cm³/mol. The van der Waals surface area contributed by atoms with E-state index in [0.717, 1.165) is 30.6 Å². The van der Waals surface area contributed by atoms with Crippen molar-refractivity contribution in [1.29, 1.82) is 0 Å². The summed E-state index contributed by atoms with van der Waals surface area (Å²) in [6, 6.07) is 6.30. The molecule has 9 nitrogen and oxygen atoms in total. The highest BCUT2D eigenvalue weighted by molar-refractivity contribution is 7.92. The maximum absolute atomic E-state index is 15.2. The number of benzene rings is 2. The zero-order valence-corrected chi connectivity index (χ0v) is 24.8. The van der Waals surface area contributed by atoms with Crippen molar-refractivity contribution < 1.29 is 30.8 Å². The summed E-state index contributed by atoms with van der Waals surface area (Å²) in [5.41, 5.74) is 5.84. The van der Waals surface area contributed by atoms with E-state index in [9.17, 15) is 26.4 Å². The molecular formula is C28H31ClF4N6O3S. The summed E-state index contributed by atoms with van der Waals surface area (Å²) < 4.78 is 83.0. The van der Waals surface area contributed by atoms with E-state index < -0.39 is 56.5 Å². The number of carbonyl (C=O) groups is 1. The number of amides is 1. The Hall–Kier alpha value is -3.49. The Kier molecular flexibility index (Phi) is 9.82. The molecular weight excluding hydrogens is 612 g/mol. The summed E-state index contributed by atoms with van der Waals surface area (Å²) in [7, 11) is -4.39. The smallest absolute Gasteiger partial charge is 0.379 e. The number of hydrogen-bond acceptors (Lipinski definition) is 7. The van der Waals surface area contributed by atoms with Crippen LogP contribution in [-0.4, -0.2) is 42.4 Å². The number of nitrogens with two attached hydrogens (primary N) is 1. The quantitative estimate of drug-likeness (QED) is 0.232. The van der Waals surface area contributed by atoms with Gasteiger partial charge < -0.3 is 16.4 Å². The molecule has 0 bridgehead atoms. The molecule has 4 rings (SSSR count). The van der Waals surface area contributed by atoms with Gasteiger partial charge in [0, 0.05) is 18.3 Å². The van der Waals surface area contributed by atoms with Crippen molar-refractivity contribution in [2.75, 3.05) is 10.0 Å². The Morgan fingerprint density at radius 3 is 2.51 bits per heavy atom. The molecule has 1 amide bonds. The standard InChI is InChI=1S/C28H31ClF4N6O3S/c1-15(2)26(34)27(40)38-23-11-17(16-4-3-5-18(10-16)28(31,32)33)6-7-21(23)37-22-13-20(30)24(12-19(22)29)43(41,42)39-25-8-9-35-14-36-25/h3-5,8-10,12-15,17,21,23,26,37H,6-7,11,34H2,1-2H3,(H,38,40)(H,35,36,39)/t17-,21-,23?,26-/m0/s1. The minimum absolute atomic E-state index is 0.0663. The molecule has 1 heterocycles. The van der Waals surface area contributed by atoms with Crippen molar-refractivity contribution in [1.82, 2.24) is 15.3 Å². The first kappa shape index (κ1) is 32.4. The van der Waals surface area contributed by atoms with E-state index in [-0.39, 0.29) is 34.8 Å². The fourth-order valence-corrected chi connectivity index (χ4v) is 6.32. The van der Waals surface area contributed by atoms with Crippen molar-refractivity contribution in [3.05, 3.63) is 77.0 Å². The normalized spacial score (nSPS) is 20.0. The summed E-state index contributed by atoms with van der Waals surface area (Å²) in [6.45, 7) is 3.56. The predicted octanol–water partition coefficient (Wildman–Crippen LogP) is 5.31. The second-order valence-corrected chi connectivity index (χ2v) is 12.8. The third-order valence-electron chi connectivity index (χ3n) is 7.36. The SMILES string of the molecule is CC(C)[C@H](N)C(=O)NC1C[C@@H](c2cccc(C(F)(F)F)c2)CC[C@@H]1Nc1cc(F)c(S(=O)(=O)Nc2ccncn2)cc1Cl. The third kappa shape index (κ3) is 7.92. The van der Waals surface area contributed by atoms with E-state index in [2.05, 4.69) is 25.3 Å². The van der Waals surface area contributed by atoms with Gasteiger partial charge >= 0.3 is 6.18 Å². The molecule has 232 valence electrons. The van der Waals surface area contributed by atoms with Crippen molar-refractivity contribution in [3.8, 4) is 0 Å². The van der Waals surface area contributed by atoms with Crippen LogP contribution in [0.5, 0.6) is 0 Å². The van der Waals surface area contributed by atoms with Crippen LogP contribution in [0.1, 0.15) is 50.2 Å². The molecule has 1 saturated carbocycles. The highest BCUT2D eigenvalue weighted by atomic mass is 35.5. The molecule has 0 radical (unpaired) electrons. The Morgan fingerprint density at radius 2 is 1.86 bits per heavy atom. The highest BCUT2D eigenvalue weighted by Crippen LogP contribution is 2.38. The van der Waals surface area contributed by atoms with Crippen LogP contribution in [0.4, 0.5) is 29.1 Å². The molecule has 0 aliphatic heterocycles. The van der Waals surface area contributed by atoms with E-state index in [1.807, 2.05) is 0 Å². The van der Waals surface area contributed by atoms with Gasteiger partial charge in [0.25, 0.3) is 10.0 Å². The number of nitrogens with zero attached hydrogens (tertiary/aromatic N) is 2. The summed E-state index contributed by atoms with van der Waals surface area (Å²) in [4.78, 5) is 19.7. The van der Waals surface area contributed by atoms with Crippen LogP contribution in [0.25, 0.3) is 0 Å². The van der Waals surface area contributed by atoms with E-state index in [4.69, 9.17) is 17.3 Å². The maximum atomic E-state index is 15.2. The first-order chi connectivity index (χ1) is 20.2. The Labute approximate surface area is 251 Å². The van der Waals surface area contributed by atoms with Gasteiger partial charge in [-0.2, -0.15) is 13.2 Å². The second-order valence-electron chi connectivity index (χ2n) is 10.7. The summed E-state index contributed by atoms with van der Waals surface area (Å²) in [6.07, 6.45) is -0.972. The van der Waals surface area contributed by atoms with E-state index in [1.165, 1.54) is 18.3 Å². The molecule has 1 aromatic heterocycles. The van der Waals surface area contributed by atoms with Crippen molar-refractivity contribution >= 4 is 39.0 Å². The lowest BCUT2D eigenvalue weighted by molar-refractivity contribution is -0.137. The lowest BCUT2D eigenvalue weighted by Gasteiger charge is -2.38. The molecule has 0 spiro atoms. The number of halogens is 5. The maximum Gasteiger partial charge on any atom is 0.416 e. The molecule has 1 aliphatic rings. The number of sulfonamides is 1. The van der Waals surface area contributed by atoms with Crippen LogP contribution in [0, 0.1) is 11.7 Å². The molecule has 1 aliphatic carbocycles. The van der Waals surface area contributed by atoms with Gasteiger partial charge in [-0.25, -0.2) is 22.8 Å². The number of anilines is 2. The van der Waals surface area contributed by atoms with Crippen LogP contribution < -0.4 is 21.1 Å². The van der Waals surface area contributed by atoms with Crippen LogP contribution in [-0.2, 0) is 21.0 Å². The van der Waals surface area contributed by atoms with Gasteiger partial charge in [-0.1, -0.05) is 43.6 Å². The van der Waals surface area contributed by atoms with Crippen LogP contribution >= 0.6 is 11.6 Å². The minimum Gasteiger partial charge on any atom is -0.379 e. The largest absolute Gasteiger partial charge is 0.416 e. The molecule has 2 aromatic carbocycles. The molecule has 1 unspecified atom stereocenters. The number of rotatable bonds is 9. The van der Waals surface area contributed by atoms with Crippen LogP contribution in [0.2, 0.25) is 5.02 Å². The van der Waals surface area contributed by atoms with E-state index >= 15 is 4.39 Å². The average molecular weight is 643 g/mol. The lowest BCUT2D eigenvalue weighted by atomic mass is 9.78. The second kappa shape index (κ2) is 13.0. The fourth-order valence-electron chi connectivity index (χ4n) is 4.94. The van der Waals surface area contributed by atoms with Gasteiger partial charge in [-0.3, -0.25) is 9.52 Å². The van der Waals surface area contributed by atoms with Crippen molar-refractivity contribution in [2.24, 2.45) is 11.7 Å². The first-order valence-corrected chi connectivity index (χ1v) is 15.3. The summed E-state index contributed by atoms with van der Waals surface area (Å²) in [5.74, 6) is -2.08. The number of carbonyl (C=O) groups excluding carboxylic acids is 1. The first-order valence-electron chi connectivity index (χ1n) is 13.4. The van der Waals surface area contributed by atoms with Gasteiger partial charge in [0.15, 0.2) is 0 Å². The zero-order valence-electron chi connectivity index (χ0n) is 23.2. The topological polar surface area (TPSA) is 139 Å². The Bertz CT molecular complexity index is 1560. The van der Waals surface area contributed by atoms with Gasteiger partial charge in [0.1, 0.15) is 22.9 Å². The monoisotopic (exact) mass is 642 g/mol. The zero-order chi connectivity index (χ0) is 31.5. The van der Waals surface area contributed by atoms with E-state index in [0.29, 0.717) is 18.4 Å². The van der Waals surface area contributed by atoms with Gasteiger partial charge in [-0.15, -0.1) is 0 Å². The number of hydrogen-bond donors (Lipinski definition) is 4. The molecule has 3 aromatic rings. The number of aromatic nitrogens is 2. The summed E-state index contributed by atoms with van der Waals surface area (Å²) >= 11 is 6.40. The third-order valence-corrected chi connectivity index (χ3v) is 9.04. The lowest BCUT2D eigenvalue weighted by Crippen LogP contribution is -2.54. The summed E-state index contributed by atoms with van der Waals surface area (Å²) in [5, 5.41) is 5.91. The van der Waals surface area contributed by atoms with Crippen molar-refractivity contribution in [2.45, 2.75) is 68.2 Å². The minimum atomic E-state index is -4.50. The Morgan fingerprint density at radius 1 is 1.12 bits per heavy atom. The van der Waals surface area contributed by atoms with Gasteiger partial charge in [0.05, 0.1) is 22.3 Å². The molecule has 15 heteroatoms. The van der Waals surface area contributed by atoms with Crippen LogP contribution in [0.15, 0.2) is 59.9 Å². The Balaban J connectivity index is 1.59. The molecule has 1 fully saturated rings.